The average molecular weight is 533 g/mol. The summed E-state index contributed by atoms with van der Waals surface area (Å²) in [6.07, 6.45) is 5.74. The maximum absolute atomic E-state index is 13.5. The van der Waals surface area contributed by atoms with Crippen LogP contribution in [0.3, 0.4) is 0 Å². The van der Waals surface area contributed by atoms with Crippen molar-refractivity contribution in [2.45, 2.75) is 57.9 Å². The molecular formula is C30H33FN4O4. The van der Waals surface area contributed by atoms with Crippen LogP contribution in [-0.4, -0.2) is 47.0 Å². The Labute approximate surface area is 226 Å². The fraction of sp³-hybridized carbons (Fsp3) is 0.367. The van der Waals surface area contributed by atoms with E-state index in [1.165, 1.54) is 35.4 Å². The van der Waals surface area contributed by atoms with Gasteiger partial charge in [0.2, 0.25) is 0 Å². The molecule has 1 saturated carbocycles. The SMILES string of the molecule is CCOC(=O)C1=CN(C(=O)c2ccc(F)cc2)CC(C)(C)c2c1[nH]c1ccc(NC(=O)NC3CCCC3)cc21. The van der Waals surface area contributed by atoms with E-state index >= 15 is 0 Å². The first kappa shape index (κ1) is 26.5. The molecule has 0 bridgehead atoms. The summed E-state index contributed by atoms with van der Waals surface area (Å²) in [6.45, 7) is 6.15. The highest BCUT2D eigenvalue weighted by Crippen LogP contribution is 2.41. The normalized spacial score (nSPS) is 16.8. The minimum atomic E-state index is -0.612. The van der Waals surface area contributed by atoms with Crippen LogP contribution in [0.1, 0.15) is 68.1 Å². The van der Waals surface area contributed by atoms with Gasteiger partial charge in [0.05, 0.1) is 17.9 Å². The smallest absolute Gasteiger partial charge is 0.341 e. The van der Waals surface area contributed by atoms with Crippen molar-refractivity contribution < 1.29 is 23.5 Å². The van der Waals surface area contributed by atoms with Gasteiger partial charge in [-0.2, -0.15) is 0 Å². The van der Waals surface area contributed by atoms with Gasteiger partial charge in [0.15, 0.2) is 0 Å². The molecule has 3 aromatic rings. The summed E-state index contributed by atoms with van der Waals surface area (Å²) in [4.78, 5) is 44.1. The molecule has 9 heteroatoms. The van der Waals surface area contributed by atoms with Crippen molar-refractivity contribution in [2.24, 2.45) is 0 Å². The number of halogens is 1. The van der Waals surface area contributed by atoms with E-state index in [1.54, 1.807) is 6.92 Å². The van der Waals surface area contributed by atoms with Crippen LogP contribution in [-0.2, 0) is 14.9 Å². The number of carbonyl (C=O) groups is 3. The molecule has 0 radical (unpaired) electrons. The number of benzene rings is 2. The molecule has 8 nitrogen and oxygen atoms in total. The lowest BCUT2D eigenvalue weighted by Gasteiger charge is -2.29. The lowest BCUT2D eigenvalue weighted by Crippen LogP contribution is -2.37. The highest BCUT2D eigenvalue weighted by Gasteiger charge is 2.37. The minimum absolute atomic E-state index is 0.172. The number of urea groups is 1. The van der Waals surface area contributed by atoms with Gasteiger partial charge in [-0.1, -0.05) is 26.7 Å². The Hall–Kier alpha value is -4.14. The lowest BCUT2D eigenvalue weighted by atomic mass is 9.81. The Morgan fingerprint density at radius 2 is 1.82 bits per heavy atom. The molecule has 0 atom stereocenters. The van der Waals surface area contributed by atoms with Crippen LogP contribution in [0, 0.1) is 5.82 Å². The highest BCUT2D eigenvalue weighted by molar-refractivity contribution is 6.18. The maximum atomic E-state index is 13.5. The number of aromatic amines is 1. The average Bonchev–Trinajstić information content (AvgIpc) is 3.51. The number of H-pyrrole nitrogens is 1. The summed E-state index contributed by atoms with van der Waals surface area (Å²) in [5, 5.41) is 6.81. The number of hydrogen-bond acceptors (Lipinski definition) is 4. The molecule has 204 valence electrons. The first-order valence-electron chi connectivity index (χ1n) is 13.4. The molecule has 3 N–H and O–H groups in total. The summed E-state index contributed by atoms with van der Waals surface area (Å²) < 4.78 is 18.9. The van der Waals surface area contributed by atoms with E-state index in [0.717, 1.165) is 42.1 Å². The fourth-order valence-electron chi connectivity index (χ4n) is 5.62. The van der Waals surface area contributed by atoms with E-state index in [4.69, 9.17) is 4.74 Å². The Morgan fingerprint density at radius 1 is 1.10 bits per heavy atom. The Morgan fingerprint density at radius 3 is 2.51 bits per heavy atom. The number of nitrogens with one attached hydrogen (secondary N) is 3. The zero-order valence-corrected chi connectivity index (χ0v) is 22.4. The van der Waals surface area contributed by atoms with Gasteiger partial charge < -0.3 is 25.3 Å². The third-order valence-corrected chi connectivity index (χ3v) is 7.39. The third-order valence-electron chi connectivity index (χ3n) is 7.39. The topological polar surface area (TPSA) is 104 Å². The number of amides is 3. The second-order valence-electron chi connectivity index (χ2n) is 10.8. The monoisotopic (exact) mass is 532 g/mol. The largest absolute Gasteiger partial charge is 0.462 e. The van der Waals surface area contributed by atoms with Gasteiger partial charge in [0, 0.05) is 46.4 Å². The number of esters is 1. The molecular weight excluding hydrogens is 499 g/mol. The van der Waals surface area contributed by atoms with E-state index in [0.29, 0.717) is 16.9 Å². The van der Waals surface area contributed by atoms with E-state index in [-0.39, 0.29) is 36.7 Å². The molecule has 5 rings (SSSR count). The molecule has 2 aliphatic rings. The molecule has 0 spiro atoms. The molecule has 0 saturated heterocycles. The molecule has 2 heterocycles. The van der Waals surface area contributed by atoms with E-state index in [9.17, 15) is 18.8 Å². The summed E-state index contributed by atoms with van der Waals surface area (Å²) in [7, 11) is 0. The van der Waals surface area contributed by atoms with Crippen LogP contribution >= 0.6 is 0 Å². The molecule has 2 aromatic carbocycles. The van der Waals surface area contributed by atoms with Crippen molar-refractivity contribution in [1.29, 1.82) is 0 Å². The molecule has 1 aliphatic heterocycles. The van der Waals surface area contributed by atoms with Crippen molar-refractivity contribution >= 4 is 40.1 Å². The second kappa shape index (κ2) is 10.6. The number of fused-ring (bicyclic) bond motifs is 3. The zero-order chi connectivity index (χ0) is 27.7. The summed E-state index contributed by atoms with van der Waals surface area (Å²) in [6, 6.07) is 10.9. The summed E-state index contributed by atoms with van der Waals surface area (Å²) in [5.41, 5.74) is 2.74. The van der Waals surface area contributed by atoms with Gasteiger partial charge in [0.25, 0.3) is 5.91 Å². The number of ether oxygens (including phenoxy) is 1. The highest BCUT2D eigenvalue weighted by atomic mass is 19.1. The van der Waals surface area contributed by atoms with Gasteiger partial charge in [-0.25, -0.2) is 14.0 Å². The molecule has 39 heavy (non-hydrogen) atoms. The maximum Gasteiger partial charge on any atom is 0.341 e. The number of rotatable bonds is 5. The predicted octanol–water partition coefficient (Wildman–Crippen LogP) is 5.71. The third kappa shape index (κ3) is 5.39. The van der Waals surface area contributed by atoms with Crippen molar-refractivity contribution in [2.75, 3.05) is 18.5 Å². The zero-order valence-electron chi connectivity index (χ0n) is 22.4. The quantitative estimate of drug-likeness (QED) is 0.366. The number of carbonyl (C=O) groups excluding carboxylic acids is 3. The molecule has 1 fully saturated rings. The van der Waals surface area contributed by atoms with Crippen molar-refractivity contribution in [3.63, 3.8) is 0 Å². The standard InChI is InChI=1S/C30H33FN4O4/c1-4-39-28(37)23-16-35(27(36)18-9-11-19(31)12-10-18)17-30(2,3)25-22-15-21(13-14-24(22)34-26(23)25)33-29(38)32-20-7-5-6-8-20/h9-16,20,34H,4-8,17H2,1-3H3,(H2,32,33,38). The van der Waals surface area contributed by atoms with Crippen LogP contribution in [0.15, 0.2) is 48.7 Å². The second-order valence-corrected chi connectivity index (χ2v) is 10.8. The minimum Gasteiger partial charge on any atom is -0.462 e. The van der Waals surface area contributed by atoms with Crippen molar-refractivity contribution in [1.82, 2.24) is 15.2 Å². The fourth-order valence-corrected chi connectivity index (χ4v) is 5.62. The van der Waals surface area contributed by atoms with E-state index < -0.39 is 17.2 Å². The van der Waals surface area contributed by atoms with Gasteiger partial charge in [0.1, 0.15) is 5.82 Å². The van der Waals surface area contributed by atoms with Gasteiger partial charge in [-0.05, 0) is 67.8 Å². The summed E-state index contributed by atoms with van der Waals surface area (Å²) in [5.74, 6) is -1.35. The first-order chi connectivity index (χ1) is 18.7. The predicted molar refractivity (Wildman–Crippen MR) is 148 cm³/mol. The van der Waals surface area contributed by atoms with Crippen molar-refractivity contribution in [3.8, 4) is 0 Å². The number of nitrogens with zero attached hydrogens (tertiary/aromatic N) is 1. The number of hydrogen-bond donors (Lipinski definition) is 3. The van der Waals surface area contributed by atoms with Crippen LogP contribution in [0.4, 0.5) is 14.9 Å². The Balaban J connectivity index is 1.54. The van der Waals surface area contributed by atoms with Crippen LogP contribution < -0.4 is 10.6 Å². The van der Waals surface area contributed by atoms with Crippen molar-refractivity contribution in [3.05, 3.63) is 71.3 Å². The number of aromatic nitrogens is 1. The first-order valence-corrected chi connectivity index (χ1v) is 13.4. The number of anilines is 1. The Kier molecular flexibility index (Phi) is 7.16. The summed E-state index contributed by atoms with van der Waals surface area (Å²) >= 11 is 0. The molecule has 0 unspecified atom stereocenters. The van der Waals surface area contributed by atoms with Gasteiger partial charge in [-0.15, -0.1) is 0 Å². The lowest BCUT2D eigenvalue weighted by molar-refractivity contribution is -0.136. The van der Waals surface area contributed by atoms with Gasteiger partial charge >= 0.3 is 12.0 Å². The Bertz CT molecular complexity index is 1450. The molecule has 1 aromatic heterocycles. The van der Waals surface area contributed by atoms with Crippen LogP contribution in [0.2, 0.25) is 0 Å². The molecule has 1 aliphatic carbocycles. The van der Waals surface area contributed by atoms with Gasteiger partial charge in [-0.3, -0.25) is 4.79 Å². The molecule has 3 amide bonds. The van der Waals surface area contributed by atoms with Crippen LogP contribution in [0.25, 0.3) is 16.5 Å². The van der Waals surface area contributed by atoms with E-state index in [2.05, 4.69) is 15.6 Å². The van der Waals surface area contributed by atoms with E-state index in [1.807, 2.05) is 32.0 Å². The van der Waals surface area contributed by atoms with Crippen LogP contribution in [0.5, 0.6) is 0 Å².